The average Bonchev–Trinajstić information content (AvgIpc) is 3.30. The van der Waals surface area contributed by atoms with Gasteiger partial charge < -0.3 is 10.1 Å². The summed E-state index contributed by atoms with van der Waals surface area (Å²) in [5, 5.41) is 15.0. The number of nitro benzene ring substituents is 1. The molecule has 5 heteroatoms. The predicted molar refractivity (Wildman–Crippen MR) is 104 cm³/mol. The normalized spacial score (nSPS) is 30.3. The first-order chi connectivity index (χ1) is 13.2. The Morgan fingerprint density at radius 2 is 1.93 bits per heavy atom. The van der Waals surface area contributed by atoms with Crippen molar-refractivity contribution in [3.8, 4) is 5.75 Å². The van der Waals surface area contributed by atoms with Crippen LogP contribution in [-0.2, 0) is 0 Å². The van der Waals surface area contributed by atoms with Crippen LogP contribution >= 0.6 is 0 Å². The molecule has 2 aliphatic carbocycles. The van der Waals surface area contributed by atoms with Gasteiger partial charge in [-0.1, -0.05) is 12.1 Å². The van der Waals surface area contributed by atoms with Crippen LogP contribution in [0, 0.1) is 27.9 Å². The molecule has 27 heavy (non-hydrogen) atoms. The maximum absolute atomic E-state index is 11.3. The summed E-state index contributed by atoms with van der Waals surface area (Å²) in [4.78, 5) is 11.0. The van der Waals surface area contributed by atoms with E-state index < -0.39 is 0 Å². The molecule has 5 nitrogen and oxygen atoms in total. The van der Waals surface area contributed by atoms with Gasteiger partial charge in [0.2, 0.25) is 0 Å². The number of nitro groups is 1. The highest BCUT2D eigenvalue weighted by molar-refractivity contribution is 5.62. The maximum atomic E-state index is 11.3. The number of benzene rings is 2. The largest absolute Gasteiger partial charge is 0.494 e. The molecule has 2 bridgehead atoms. The van der Waals surface area contributed by atoms with E-state index in [2.05, 4.69) is 17.4 Å². The molecule has 0 radical (unpaired) electrons. The van der Waals surface area contributed by atoms with Crippen LogP contribution in [0.1, 0.15) is 49.3 Å². The van der Waals surface area contributed by atoms with E-state index in [-0.39, 0.29) is 16.7 Å². The molecule has 5 rings (SSSR count). The Labute approximate surface area is 158 Å². The summed E-state index contributed by atoms with van der Waals surface area (Å²) in [6.45, 7) is 2.66. The maximum Gasteiger partial charge on any atom is 0.269 e. The highest BCUT2D eigenvalue weighted by Gasteiger charge is 2.54. The molecule has 5 atom stereocenters. The van der Waals surface area contributed by atoms with Crippen LogP contribution in [0.15, 0.2) is 42.5 Å². The van der Waals surface area contributed by atoms with E-state index in [1.165, 1.54) is 24.8 Å². The minimum atomic E-state index is -0.277. The quantitative estimate of drug-likeness (QED) is 0.591. The van der Waals surface area contributed by atoms with Crippen LogP contribution in [0.25, 0.3) is 0 Å². The van der Waals surface area contributed by atoms with Crippen molar-refractivity contribution in [1.82, 2.24) is 0 Å². The third kappa shape index (κ3) is 2.59. The lowest BCUT2D eigenvalue weighted by atomic mass is 9.68. The Morgan fingerprint density at radius 1 is 1.15 bits per heavy atom. The Hall–Kier alpha value is -2.56. The molecule has 2 aromatic rings. The van der Waals surface area contributed by atoms with E-state index in [0.717, 1.165) is 17.0 Å². The summed E-state index contributed by atoms with van der Waals surface area (Å²) in [5.41, 5.74) is 3.71. The number of nitrogens with one attached hydrogen (secondary N) is 1. The fraction of sp³-hybridized carbons (Fsp3) is 0.455. The smallest absolute Gasteiger partial charge is 0.269 e. The van der Waals surface area contributed by atoms with Gasteiger partial charge in [-0.15, -0.1) is 0 Å². The number of ether oxygens (including phenoxy) is 1. The highest BCUT2D eigenvalue weighted by Crippen LogP contribution is 2.63. The molecule has 0 spiro atoms. The summed E-state index contributed by atoms with van der Waals surface area (Å²) in [6, 6.07) is 14.0. The molecule has 1 heterocycles. The van der Waals surface area contributed by atoms with Gasteiger partial charge in [-0.05, 0) is 79.2 Å². The fourth-order valence-corrected chi connectivity index (χ4v) is 5.86. The molecule has 2 fully saturated rings. The van der Waals surface area contributed by atoms with Gasteiger partial charge in [0, 0.05) is 17.8 Å². The summed E-state index contributed by atoms with van der Waals surface area (Å²) in [5.74, 6) is 3.20. The predicted octanol–water partition coefficient (Wildman–Crippen LogP) is 5.29. The molecule has 0 saturated heterocycles. The standard InChI is InChI=1S/C22H24N2O3/c1-2-27-17-8-5-13(6-9-17)22-21-15-4-3-14(11-15)20(21)18-12-16(24(25)26)7-10-19(18)23-22/h5-10,12,14-15,20-23H,2-4,11H2,1H3/t14-,15+,20+,21-,22-/m0/s1. The lowest BCUT2D eigenvalue weighted by Crippen LogP contribution is -2.35. The van der Waals surface area contributed by atoms with Crippen LogP contribution in [0.4, 0.5) is 11.4 Å². The second-order valence-corrected chi connectivity index (χ2v) is 8.09. The Balaban J connectivity index is 1.55. The van der Waals surface area contributed by atoms with Crippen LogP contribution in [0.5, 0.6) is 5.75 Å². The van der Waals surface area contributed by atoms with Crippen LogP contribution < -0.4 is 10.1 Å². The van der Waals surface area contributed by atoms with Gasteiger partial charge >= 0.3 is 0 Å². The molecule has 1 N–H and O–H groups in total. The zero-order chi connectivity index (χ0) is 18.5. The first kappa shape index (κ1) is 16.6. The van der Waals surface area contributed by atoms with Crippen molar-refractivity contribution < 1.29 is 9.66 Å². The highest BCUT2D eigenvalue weighted by atomic mass is 16.6. The monoisotopic (exact) mass is 364 g/mol. The van der Waals surface area contributed by atoms with Crippen LogP contribution in [-0.4, -0.2) is 11.5 Å². The number of fused-ring (bicyclic) bond motifs is 7. The van der Waals surface area contributed by atoms with E-state index in [9.17, 15) is 10.1 Å². The Bertz CT molecular complexity index is 880. The van der Waals surface area contributed by atoms with Gasteiger partial charge in [-0.2, -0.15) is 0 Å². The summed E-state index contributed by atoms with van der Waals surface area (Å²) in [7, 11) is 0. The Kier molecular flexibility index (Phi) is 3.85. The zero-order valence-corrected chi connectivity index (χ0v) is 15.4. The van der Waals surface area contributed by atoms with Gasteiger partial charge in [-0.25, -0.2) is 0 Å². The molecule has 2 aromatic carbocycles. The number of nitrogens with zero attached hydrogens (tertiary/aromatic N) is 1. The summed E-state index contributed by atoms with van der Waals surface area (Å²) in [6.07, 6.45) is 3.79. The van der Waals surface area contributed by atoms with E-state index in [1.807, 2.05) is 31.2 Å². The SMILES string of the molecule is CCOc1ccc([C@@H]2Nc3ccc([N+](=O)[O-])cc3[C@H]3[C@H]4CC[C@H](C4)[C@@H]32)cc1. The number of non-ortho nitro benzene ring substituents is 1. The first-order valence-electron chi connectivity index (χ1n) is 9.93. The van der Waals surface area contributed by atoms with Gasteiger partial charge in [0.05, 0.1) is 17.6 Å². The van der Waals surface area contributed by atoms with Gasteiger partial charge in [-0.3, -0.25) is 10.1 Å². The third-order valence-electron chi connectivity index (χ3n) is 6.83. The number of anilines is 1. The van der Waals surface area contributed by atoms with Crippen molar-refractivity contribution in [2.45, 2.75) is 38.1 Å². The van der Waals surface area contributed by atoms with Gasteiger partial charge in [0.1, 0.15) is 5.75 Å². The molecule has 0 amide bonds. The molecule has 1 aliphatic heterocycles. The molecular formula is C22H24N2O3. The molecular weight excluding hydrogens is 340 g/mol. The fourth-order valence-electron chi connectivity index (χ4n) is 5.86. The van der Waals surface area contributed by atoms with E-state index in [4.69, 9.17) is 4.74 Å². The van der Waals surface area contributed by atoms with Crippen molar-refractivity contribution in [2.75, 3.05) is 11.9 Å². The topological polar surface area (TPSA) is 64.4 Å². The van der Waals surface area contributed by atoms with Crippen molar-refractivity contribution in [2.24, 2.45) is 17.8 Å². The lowest BCUT2D eigenvalue weighted by Gasteiger charge is -2.43. The summed E-state index contributed by atoms with van der Waals surface area (Å²) < 4.78 is 5.59. The zero-order valence-electron chi connectivity index (χ0n) is 15.4. The first-order valence-corrected chi connectivity index (χ1v) is 9.93. The molecule has 0 aromatic heterocycles. The van der Waals surface area contributed by atoms with E-state index in [0.29, 0.717) is 30.3 Å². The number of hydrogen-bond acceptors (Lipinski definition) is 4. The second-order valence-electron chi connectivity index (χ2n) is 8.09. The number of rotatable bonds is 4. The Morgan fingerprint density at radius 3 is 2.67 bits per heavy atom. The van der Waals surface area contributed by atoms with E-state index in [1.54, 1.807) is 6.07 Å². The van der Waals surface area contributed by atoms with E-state index >= 15 is 0 Å². The minimum absolute atomic E-state index is 0.205. The minimum Gasteiger partial charge on any atom is -0.494 e. The van der Waals surface area contributed by atoms with Crippen molar-refractivity contribution in [3.63, 3.8) is 0 Å². The number of hydrogen-bond donors (Lipinski definition) is 1. The third-order valence-corrected chi connectivity index (χ3v) is 6.83. The second kappa shape index (κ2) is 6.25. The molecule has 2 saturated carbocycles. The molecule has 3 aliphatic rings. The lowest BCUT2D eigenvalue weighted by molar-refractivity contribution is -0.384. The van der Waals surface area contributed by atoms with Crippen molar-refractivity contribution in [3.05, 3.63) is 63.7 Å². The molecule has 0 unspecified atom stereocenters. The summed E-state index contributed by atoms with van der Waals surface area (Å²) >= 11 is 0. The van der Waals surface area contributed by atoms with Crippen LogP contribution in [0.2, 0.25) is 0 Å². The van der Waals surface area contributed by atoms with Gasteiger partial charge in [0.15, 0.2) is 0 Å². The van der Waals surface area contributed by atoms with Crippen molar-refractivity contribution in [1.29, 1.82) is 0 Å². The molecule has 140 valence electrons. The average molecular weight is 364 g/mol. The van der Waals surface area contributed by atoms with Gasteiger partial charge in [0.25, 0.3) is 5.69 Å². The van der Waals surface area contributed by atoms with Crippen molar-refractivity contribution >= 4 is 11.4 Å². The van der Waals surface area contributed by atoms with Crippen LogP contribution in [0.3, 0.4) is 0 Å².